The van der Waals surface area contributed by atoms with Gasteiger partial charge in [-0.2, -0.15) is 4.37 Å². The third kappa shape index (κ3) is 3.24. The van der Waals surface area contributed by atoms with E-state index in [1.807, 2.05) is 0 Å². The fraction of sp³-hybridized carbons (Fsp3) is 0.750. The van der Waals surface area contributed by atoms with E-state index in [0.717, 1.165) is 31.0 Å². The fourth-order valence-corrected chi connectivity index (χ4v) is 4.64. The maximum atomic E-state index is 12.1. The van der Waals surface area contributed by atoms with Crippen LogP contribution in [-0.4, -0.2) is 49.6 Å². The summed E-state index contributed by atoms with van der Waals surface area (Å²) in [5.74, 6) is 0.143. The van der Waals surface area contributed by atoms with Crippen molar-refractivity contribution in [1.82, 2.24) is 9.27 Å². The molecule has 1 saturated heterocycles. The molecule has 1 atom stereocenters. The molecule has 0 aromatic carbocycles. The van der Waals surface area contributed by atoms with Crippen LogP contribution in [0.5, 0.6) is 0 Å². The van der Waals surface area contributed by atoms with Gasteiger partial charge < -0.3 is 16.0 Å². The van der Waals surface area contributed by atoms with Crippen molar-refractivity contribution < 1.29 is 8.42 Å². The number of sulfone groups is 1. The number of likely N-dealkylation sites (tertiary alicyclic amines) is 1. The number of nitrogens with one attached hydrogen (secondary N) is 1. The van der Waals surface area contributed by atoms with Crippen molar-refractivity contribution in [3.63, 3.8) is 0 Å². The molecule has 1 aliphatic rings. The topological polar surface area (TPSA) is 88.3 Å². The molecular weight excluding hydrogens is 296 g/mol. The molecule has 2 heterocycles. The SMILES string of the molecule is CCS(=O)(=O)c1c(N)nsc1NCC1CCCCN1C. The van der Waals surface area contributed by atoms with Gasteiger partial charge in [-0.15, -0.1) is 0 Å². The van der Waals surface area contributed by atoms with Crippen molar-refractivity contribution in [3.05, 3.63) is 0 Å². The predicted octanol–water partition coefficient (Wildman–Crippen LogP) is 1.42. The van der Waals surface area contributed by atoms with Crippen molar-refractivity contribution in [3.8, 4) is 0 Å². The molecule has 20 heavy (non-hydrogen) atoms. The van der Waals surface area contributed by atoms with Crippen molar-refractivity contribution in [2.75, 3.05) is 36.9 Å². The van der Waals surface area contributed by atoms with Gasteiger partial charge in [0, 0.05) is 12.6 Å². The van der Waals surface area contributed by atoms with Gasteiger partial charge in [0.15, 0.2) is 15.7 Å². The lowest BCUT2D eigenvalue weighted by molar-refractivity contribution is 0.194. The van der Waals surface area contributed by atoms with E-state index in [1.54, 1.807) is 6.92 Å². The summed E-state index contributed by atoms with van der Waals surface area (Å²) < 4.78 is 28.1. The zero-order valence-corrected chi connectivity index (χ0v) is 13.6. The molecule has 0 saturated carbocycles. The summed E-state index contributed by atoms with van der Waals surface area (Å²) in [5.41, 5.74) is 5.71. The molecular formula is C12H22N4O2S2. The second kappa shape index (κ2) is 6.28. The van der Waals surface area contributed by atoms with Gasteiger partial charge in [0.05, 0.1) is 5.75 Å². The van der Waals surface area contributed by atoms with E-state index < -0.39 is 9.84 Å². The number of nitrogens with zero attached hydrogens (tertiary/aromatic N) is 2. The Balaban J connectivity index is 2.11. The van der Waals surface area contributed by atoms with Crippen LogP contribution in [0.2, 0.25) is 0 Å². The minimum Gasteiger partial charge on any atom is -0.382 e. The summed E-state index contributed by atoms with van der Waals surface area (Å²) in [7, 11) is -1.23. The lowest BCUT2D eigenvalue weighted by atomic mass is 10.0. The molecule has 8 heteroatoms. The van der Waals surface area contributed by atoms with Crippen molar-refractivity contribution in [2.24, 2.45) is 0 Å². The van der Waals surface area contributed by atoms with Crippen LogP contribution in [-0.2, 0) is 9.84 Å². The number of nitrogen functional groups attached to an aromatic ring is 1. The first-order valence-corrected chi connectivity index (χ1v) is 9.30. The van der Waals surface area contributed by atoms with Crippen LogP contribution >= 0.6 is 11.5 Å². The van der Waals surface area contributed by atoms with Crippen LogP contribution < -0.4 is 11.1 Å². The average Bonchev–Trinajstić information content (AvgIpc) is 2.80. The summed E-state index contributed by atoms with van der Waals surface area (Å²) in [6.45, 7) is 3.44. The number of hydrogen-bond acceptors (Lipinski definition) is 7. The zero-order valence-electron chi connectivity index (χ0n) is 11.9. The monoisotopic (exact) mass is 318 g/mol. The lowest BCUT2D eigenvalue weighted by Gasteiger charge is -2.32. The first-order chi connectivity index (χ1) is 9.45. The van der Waals surface area contributed by atoms with E-state index in [9.17, 15) is 8.42 Å². The Morgan fingerprint density at radius 2 is 2.25 bits per heavy atom. The van der Waals surface area contributed by atoms with E-state index in [0.29, 0.717) is 11.0 Å². The van der Waals surface area contributed by atoms with E-state index in [2.05, 4.69) is 21.6 Å². The Morgan fingerprint density at radius 1 is 1.50 bits per heavy atom. The first kappa shape index (κ1) is 15.5. The molecule has 6 nitrogen and oxygen atoms in total. The summed E-state index contributed by atoms with van der Waals surface area (Å²) in [4.78, 5) is 2.48. The molecule has 2 rings (SSSR count). The van der Waals surface area contributed by atoms with Crippen LogP contribution in [0.3, 0.4) is 0 Å². The van der Waals surface area contributed by atoms with E-state index in [4.69, 9.17) is 5.73 Å². The lowest BCUT2D eigenvalue weighted by Crippen LogP contribution is -2.40. The van der Waals surface area contributed by atoms with E-state index in [1.165, 1.54) is 12.8 Å². The predicted molar refractivity (Wildman–Crippen MR) is 83.0 cm³/mol. The molecule has 0 aliphatic carbocycles. The highest BCUT2D eigenvalue weighted by molar-refractivity contribution is 7.91. The average molecular weight is 318 g/mol. The first-order valence-electron chi connectivity index (χ1n) is 6.87. The number of anilines is 2. The van der Waals surface area contributed by atoms with E-state index >= 15 is 0 Å². The summed E-state index contributed by atoms with van der Waals surface area (Å²) in [5, 5.41) is 3.80. The molecule has 0 radical (unpaired) electrons. The molecule has 114 valence electrons. The van der Waals surface area contributed by atoms with Crippen LogP contribution in [0.15, 0.2) is 4.90 Å². The van der Waals surface area contributed by atoms with Gasteiger partial charge in [-0.1, -0.05) is 13.3 Å². The van der Waals surface area contributed by atoms with Crippen molar-refractivity contribution in [2.45, 2.75) is 37.1 Å². The third-order valence-electron chi connectivity index (χ3n) is 3.78. The Morgan fingerprint density at radius 3 is 2.90 bits per heavy atom. The van der Waals surface area contributed by atoms with Gasteiger partial charge in [-0.05, 0) is 38.0 Å². The second-order valence-corrected chi connectivity index (χ2v) is 8.13. The molecule has 0 amide bonds. The normalized spacial score (nSPS) is 21.0. The number of piperidine rings is 1. The largest absolute Gasteiger partial charge is 0.382 e. The molecule has 1 aromatic heterocycles. The Kier molecular flexibility index (Phi) is 4.87. The van der Waals surface area contributed by atoms with Gasteiger partial charge in [-0.3, -0.25) is 0 Å². The summed E-state index contributed by atoms with van der Waals surface area (Å²) >= 11 is 1.12. The molecule has 0 spiro atoms. The maximum absolute atomic E-state index is 12.1. The quantitative estimate of drug-likeness (QED) is 0.853. The molecule has 3 N–H and O–H groups in total. The smallest absolute Gasteiger partial charge is 0.184 e. The second-order valence-electron chi connectivity index (χ2n) is 5.14. The highest BCUT2D eigenvalue weighted by atomic mass is 32.2. The molecule has 1 unspecified atom stereocenters. The van der Waals surface area contributed by atoms with Crippen molar-refractivity contribution >= 4 is 32.2 Å². The number of likely N-dealkylation sites (N-methyl/N-ethyl adjacent to an activating group) is 1. The van der Waals surface area contributed by atoms with Gasteiger partial charge in [-0.25, -0.2) is 8.42 Å². The highest BCUT2D eigenvalue weighted by Crippen LogP contribution is 2.32. The van der Waals surface area contributed by atoms with Gasteiger partial charge >= 0.3 is 0 Å². The van der Waals surface area contributed by atoms with E-state index in [-0.39, 0.29) is 16.5 Å². The number of nitrogens with two attached hydrogens (primary N) is 1. The molecule has 1 aromatic rings. The molecule has 0 bridgehead atoms. The van der Waals surface area contributed by atoms with Crippen LogP contribution in [0, 0.1) is 0 Å². The van der Waals surface area contributed by atoms with Crippen molar-refractivity contribution in [1.29, 1.82) is 0 Å². The highest BCUT2D eigenvalue weighted by Gasteiger charge is 2.25. The Labute approximate surface area is 124 Å². The number of hydrogen-bond donors (Lipinski definition) is 2. The fourth-order valence-electron chi connectivity index (χ4n) is 2.46. The van der Waals surface area contributed by atoms with Gasteiger partial charge in [0.2, 0.25) is 0 Å². The summed E-state index contributed by atoms with van der Waals surface area (Å²) in [6.07, 6.45) is 3.59. The van der Waals surface area contributed by atoms with Crippen LogP contribution in [0.4, 0.5) is 10.8 Å². The Bertz CT molecular complexity index is 556. The summed E-state index contributed by atoms with van der Waals surface area (Å²) in [6, 6.07) is 0.434. The maximum Gasteiger partial charge on any atom is 0.184 e. The minimum absolute atomic E-state index is 0.0353. The van der Waals surface area contributed by atoms with Gasteiger partial charge in [0.25, 0.3) is 0 Å². The molecule has 1 aliphatic heterocycles. The van der Waals surface area contributed by atoms with Crippen LogP contribution in [0.1, 0.15) is 26.2 Å². The molecule has 1 fully saturated rings. The number of rotatable bonds is 5. The standard InChI is InChI=1S/C12H22N4O2S2/c1-3-20(17,18)10-11(13)15-19-12(10)14-8-9-6-4-5-7-16(9)2/h9,14H,3-8H2,1-2H3,(H2,13,15). The van der Waals surface area contributed by atoms with Crippen LogP contribution in [0.25, 0.3) is 0 Å². The Hall–Kier alpha value is -0.860. The minimum atomic E-state index is -3.34. The zero-order chi connectivity index (χ0) is 14.8. The third-order valence-corrected chi connectivity index (χ3v) is 6.53. The van der Waals surface area contributed by atoms with Gasteiger partial charge in [0.1, 0.15) is 9.90 Å². The number of aromatic nitrogens is 1.